The van der Waals surface area contributed by atoms with Gasteiger partial charge in [0.15, 0.2) is 0 Å². The highest BCUT2D eigenvalue weighted by Gasteiger charge is 2.05. The van der Waals surface area contributed by atoms with Crippen molar-refractivity contribution in [1.82, 2.24) is 4.98 Å². The molecule has 3 N–H and O–H groups in total. The second kappa shape index (κ2) is 5.31. The molecule has 4 nitrogen and oxygen atoms in total. The van der Waals surface area contributed by atoms with Crippen LogP contribution < -0.4 is 5.32 Å². The van der Waals surface area contributed by atoms with Gasteiger partial charge in [0.2, 0.25) is 6.41 Å². The maximum Gasteiger partial charge on any atom is 0.211 e. The van der Waals surface area contributed by atoms with Crippen molar-refractivity contribution in [3.05, 3.63) is 36.0 Å². The first-order chi connectivity index (χ1) is 8.80. The summed E-state index contributed by atoms with van der Waals surface area (Å²) in [5.41, 5.74) is 3.58. The van der Waals surface area contributed by atoms with Crippen LogP contribution in [0, 0.1) is 5.41 Å². The summed E-state index contributed by atoms with van der Waals surface area (Å²) in [6.45, 7) is 2.04. The summed E-state index contributed by atoms with van der Waals surface area (Å²) in [7, 11) is 0. The van der Waals surface area contributed by atoms with Gasteiger partial charge < -0.3 is 15.7 Å². The van der Waals surface area contributed by atoms with Crippen LogP contribution >= 0.6 is 0 Å². The Hall–Kier alpha value is -2.36. The minimum atomic E-state index is 0.661. The molecule has 2 aromatic rings. The Labute approximate surface area is 105 Å². The number of hydrogen-bond acceptors (Lipinski definition) is 2. The molecule has 2 rings (SSSR count). The number of fused-ring (bicyclic) bond motifs is 1. The van der Waals surface area contributed by atoms with E-state index in [0.29, 0.717) is 6.41 Å². The van der Waals surface area contributed by atoms with Gasteiger partial charge in [-0.05, 0) is 29.7 Å². The Kier molecular flexibility index (Phi) is 3.57. The van der Waals surface area contributed by atoms with E-state index >= 15 is 0 Å². The summed E-state index contributed by atoms with van der Waals surface area (Å²) >= 11 is 0. The van der Waals surface area contributed by atoms with Gasteiger partial charge in [-0.1, -0.05) is 19.1 Å². The van der Waals surface area contributed by atoms with E-state index in [9.17, 15) is 4.79 Å². The van der Waals surface area contributed by atoms with Crippen LogP contribution in [0.4, 0.5) is 5.69 Å². The number of carbonyl (C=O) groups excluding carboxylic acids is 1. The van der Waals surface area contributed by atoms with Crippen LogP contribution in [0.5, 0.6) is 0 Å². The lowest BCUT2D eigenvalue weighted by atomic mass is 10.0. The topological polar surface area (TPSA) is 68.7 Å². The van der Waals surface area contributed by atoms with Crippen molar-refractivity contribution < 1.29 is 4.79 Å². The van der Waals surface area contributed by atoms with E-state index < -0.39 is 0 Å². The summed E-state index contributed by atoms with van der Waals surface area (Å²) in [6.07, 6.45) is 6.66. The zero-order valence-corrected chi connectivity index (χ0v) is 10.2. The van der Waals surface area contributed by atoms with Crippen LogP contribution in [-0.2, 0) is 4.79 Å². The highest BCUT2D eigenvalue weighted by atomic mass is 16.1. The molecule has 0 unspecified atom stereocenters. The van der Waals surface area contributed by atoms with Gasteiger partial charge in [-0.25, -0.2) is 0 Å². The monoisotopic (exact) mass is 241 g/mol. The molecule has 1 heterocycles. The number of anilines is 1. The van der Waals surface area contributed by atoms with Crippen molar-refractivity contribution in [2.24, 2.45) is 0 Å². The number of allylic oxidation sites excluding steroid dienone is 2. The Bertz CT molecular complexity index is 611. The number of amides is 1. The van der Waals surface area contributed by atoms with Crippen molar-refractivity contribution in [2.75, 3.05) is 5.32 Å². The van der Waals surface area contributed by atoms with Crippen molar-refractivity contribution in [1.29, 1.82) is 5.41 Å². The van der Waals surface area contributed by atoms with Crippen LogP contribution in [0.2, 0.25) is 0 Å². The minimum Gasteiger partial charge on any atom is -0.359 e. The van der Waals surface area contributed by atoms with E-state index in [0.717, 1.165) is 34.1 Å². The third kappa shape index (κ3) is 2.18. The molecule has 0 aliphatic carbocycles. The molecule has 92 valence electrons. The molecule has 0 radical (unpaired) electrons. The van der Waals surface area contributed by atoms with E-state index in [1.54, 1.807) is 6.20 Å². The van der Waals surface area contributed by atoms with E-state index in [1.165, 1.54) is 6.21 Å². The lowest BCUT2D eigenvalue weighted by Gasteiger charge is -2.03. The predicted octanol–water partition coefficient (Wildman–Crippen LogP) is 3.18. The number of hydrogen-bond donors (Lipinski definition) is 3. The molecule has 0 spiro atoms. The van der Waals surface area contributed by atoms with E-state index in [1.807, 2.05) is 31.2 Å². The van der Waals surface area contributed by atoms with Crippen molar-refractivity contribution in [2.45, 2.75) is 13.3 Å². The Morgan fingerprint density at radius 2 is 2.33 bits per heavy atom. The van der Waals surface area contributed by atoms with Crippen LogP contribution in [0.25, 0.3) is 16.5 Å². The molecule has 1 aromatic heterocycles. The molecule has 4 heteroatoms. The molecule has 0 saturated heterocycles. The fraction of sp³-hybridized carbons (Fsp3) is 0.143. The highest BCUT2D eigenvalue weighted by molar-refractivity contribution is 6.10. The lowest BCUT2D eigenvalue weighted by molar-refractivity contribution is -0.105. The first-order valence-electron chi connectivity index (χ1n) is 5.82. The number of aromatic amines is 1. The Morgan fingerprint density at radius 1 is 1.50 bits per heavy atom. The van der Waals surface area contributed by atoms with E-state index in [4.69, 9.17) is 5.41 Å². The van der Waals surface area contributed by atoms with E-state index in [-0.39, 0.29) is 0 Å². The average Bonchev–Trinajstić information content (AvgIpc) is 2.79. The smallest absolute Gasteiger partial charge is 0.211 e. The maximum atomic E-state index is 10.5. The SMILES string of the molecule is CC/C=C(\C=N)c1ccc2[nH]cc(NC=O)c2c1. The number of H-pyrrole nitrogens is 1. The zero-order valence-electron chi connectivity index (χ0n) is 10.2. The number of benzene rings is 1. The van der Waals surface area contributed by atoms with Gasteiger partial charge >= 0.3 is 0 Å². The average molecular weight is 241 g/mol. The van der Waals surface area contributed by atoms with Crippen molar-refractivity contribution >= 4 is 34.8 Å². The molecule has 0 aliphatic heterocycles. The standard InChI is InChI=1S/C14H15N3O/c1-2-3-11(7-15)10-4-5-13-12(6-10)14(8-16-13)17-9-18/h3-9,15-16H,2H2,1H3,(H,17,18)/b11-3+,15-7?. The molecule has 0 fully saturated rings. The number of aromatic nitrogens is 1. The van der Waals surface area contributed by atoms with Crippen LogP contribution in [0.15, 0.2) is 30.5 Å². The molecule has 0 saturated carbocycles. The summed E-state index contributed by atoms with van der Waals surface area (Å²) in [5, 5.41) is 11.0. The predicted molar refractivity (Wildman–Crippen MR) is 75.0 cm³/mol. The van der Waals surface area contributed by atoms with Gasteiger partial charge in [-0.3, -0.25) is 4.79 Å². The van der Waals surface area contributed by atoms with Crippen molar-refractivity contribution in [3.8, 4) is 0 Å². The number of carbonyl (C=O) groups is 1. The molecule has 18 heavy (non-hydrogen) atoms. The molecule has 0 bridgehead atoms. The largest absolute Gasteiger partial charge is 0.359 e. The molecule has 1 amide bonds. The number of rotatable bonds is 5. The fourth-order valence-corrected chi connectivity index (χ4v) is 1.96. The quantitative estimate of drug-likeness (QED) is 0.546. The number of nitrogens with one attached hydrogen (secondary N) is 3. The summed E-state index contributed by atoms with van der Waals surface area (Å²) in [4.78, 5) is 13.6. The van der Waals surface area contributed by atoms with Gasteiger partial charge in [-0.15, -0.1) is 0 Å². The highest BCUT2D eigenvalue weighted by Crippen LogP contribution is 2.26. The first-order valence-corrected chi connectivity index (χ1v) is 5.82. The van der Waals surface area contributed by atoms with Gasteiger partial charge in [0.05, 0.1) is 5.69 Å². The summed E-state index contributed by atoms with van der Waals surface area (Å²) in [6, 6.07) is 5.90. The fourth-order valence-electron chi connectivity index (χ4n) is 1.96. The van der Waals surface area contributed by atoms with Gasteiger partial charge in [0.25, 0.3) is 0 Å². The van der Waals surface area contributed by atoms with Crippen LogP contribution in [0.3, 0.4) is 0 Å². The second-order valence-corrected chi connectivity index (χ2v) is 3.94. The first kappa shape index (κ1) is 12.1. The zero-order chi connectivity index (χ0) is 13.0. The minimum absolute atomic E-state index is 0.661. The summed E-state index contributed by atoms with van der Waals surface area (Å²) in [5.74, 6) is 0. The molecule has 0 atom stereocenters. The summed E-state index contributed by atoms with van der Waals surface area (Å²) < 4.78 is 0. The Morgan fingerprint density at radius 3 is 3.00 bits per heavy atom. The third-order valence-electron chi connectivity index (χ3n) is 2.81. The second-order valence-electron chi connectivity index (χ2n) is 3.94. The lowest BCUT2D eigenvalue weighted by Crippen LogP contribution is -1.92. The third-order valence-corrected chi connectivity index (χ3v) is 2.81. The molecule has 1 aromatic carbocycles. The molecular formula is C14H15N3O. The molecular weight excluding hydrogens is 226 g/mol. The molecule has 0 aliphatic rings. The van der Waals surface area contributed by atoms with Gasteiger partial charge in [0, 0.05) is 23.3 Å². The maximum absolute atomic E-state index is 10.5. The van der Waals surface area contributed by atoms with Crippen LogP contribution in [0.1, 0.15) is 18.9 Å². The Balaban J connectivity index is 2.53. The van der Waals surface area contributed by atoms with Gasteiger partial charge in [-0.2, -0.15) is 0 Å². The normalized spacial score (nSPS) is 11.5. The van der Waals surface area contributed by atoms with Crippen LogP contribution in [-0.4, -0.2) is 17.6 Å². The van der Waals surface area contributed by atoms with E-state index in [2.05, 4.69) is 10.3 Å². The van der Waals surface area contributed by atoms with Crippen molar-refractivity contribution in [3.63, 3.8) is 0 Å². The van der Waals surface area contributed by atoms with Gasteiger partial charge in [0.1, 0.15) is 0 Å².